The molecule has 3 rings (SSSR count). The molecule has 3 aromatic rings. The summed E-state index contributed by atoms with van der Waals surface area (Å²) in [6.45, 7) is 4.19. The highest BCUT2D eigenvalue weighted by atomic mass is 35.5. The van der Waals surface area contributed by atoms with Crippen molar-refractivity contribution < 1.29 is 9.21 Å². The fourth-order valence-electron chi connectivity index (χ4n) is 2.70. The number of para-hydroxylation sites is 1. The maximum absolute atomic E-state index is 12.5. The summed E-state index contributed by atoms with van der Waals surface area (Å²) in [4.78, 5) is 12.5. The van der Waals surface area contributed by atoms with Crippen LogP contribution < -0.4 is 10.6 Å². The summed E-state index contributed by atoms with van der Waals surface area (Å²) in [5.74, 6) is 0.530. The third-order valence-corrected chi connectivity index (χ3v) is 5.04. The predicted octanol–water partition coefficient (Wildman–Crippen LogP) is 6.50. The van der Waals surface area contributed by atoms with E-state index in [1.165, 1.54) is 0 Å². The highest BCUT2D eigenvalue weighted by Gasteiger charge is 2.15. The highest BCUT2D eigenvalue weighted by Crippen LogP contribution is 2.29. The Labute approximate surface area is 178 Å². The molecular weight excluding hydrogens is 415 g/mol. The summed E-state index contributed by atoms with van der Waals surface area (Å²) in [6, 6.07) is 16.2. The third kappa shape index (κ3) is 4.73. The summed E-state index contributed by atoms with van der Waals surface area (Å²) in [5.41, 5.74) is 2.69. The van der Waals surface area contributed by atoms with Gasteiger partial charge >= 0.3 is 0 Å². The van der Waals surface area contributed by atoms with E-state index in [0.717, 1.165) is 16.8 Å². The molecule has 0 aliphatic rings. The van der Waals surface area contributed by atoms with Crippen molar-refractivity contribution in [2.75, 3.05) is 5.32 Å². The Balaban J connectivity index is 1.69. The lowest BCUT2D eigenvalue weighted by molar-refractivity contribution is 0.0951. The van der Waals surface area contributed by atoms with Crippen LogP contribution in [0.4, 0.5) is 5.69 Å². The molecule has 0 saturated carbocycles. The zero-order valence-electron chi connectivity index (χ0n) is 15.3. The fraction of sp³-hybridized carbons (Fsp3) is 0.143. The molecule has 0 aliphatic heterocycles. The second kappa shape index (κ2) is 8.78. The van der Waals surface area contributed by atoms with E-state index in [9.17, 15) is 4.79 Å². The van der Waals surface area contributed by atoms with Gasteiger partial charge in [0.05, 0.1) is 10.0 Å². The maximum Gasteiger partial charge on any atom is 0.293 e. The van der Waals surface area contributed by atoms with Crippen molar-refractivity contribution in [2.24, 2.45) is 0 Å². The minimum absolute atomic E-state index is 0.141. The lowest BCUT2D eigenvalue weighted by atomic mass is 10.0. The molecule has 1 aromatic heterocycles. The largest absolute Gasteiger partial charge is 0.451 e. The molecule has 0 radical (unpaired) electrons. The van der Waals surface area contributed by atoms with Crippen LogP contribution in [0.5, 0.6) is 0 Å². The van der Waals surface area contributed by atoms with E-state index in [4.69, 9.17) is 39.8 Å². The Morgan fingerprint density at radius 3 is 2.50 bits per heavy atom. The topological polar surface area (TPSA) is 54.3 Å². The fourth-order valence-corrected chi connectivity index (χ4v) is 3.20. The number of hydrogen-bond donors (Lipinski definition) is 2. The van der Waals surface area contributed by atoms with Gasteiger partial charge in [0, 0.05) is 11.3 Å². The molecule has 28 heavy (non-hydrogen) atoms. The Morgan fingerprint density at radius 1 is 1.04 bits per heavy atom. The monoisotopic (exact) mass is 432 g/mol. The average molecular weight is 433 g/mol. The number of halogens is 2. The van der Waals surface area contributed by atoms with Crippen LogP contribution in [-0.4, -0.2) is 11.0 Å². The van der Waals surface area contributed by atoms with Crippen LogP contribution >= 0.6 is 35.4 Å². The zero-order valence-corrected chi connectivity index (χ0v) is 17.6. The predicted molar refractivity (Wildman–Crippen MR) is 118 cm³/mol. The van der Waals surface area contributed by atoms with Crippen LogP contribution in [0.2, 0.25) is 10.0 Å². The van der Waals surface area contributed by atoms with Gasteiger partial charge in [-0.3, -0.25) is 10.1 Å². The number of anilines is 1. The Morgan fingerprint density at radius 2 is 1.79 bits per heavy atom. The molecule has 4 nitrogen and oxygen atoms in total. The molecular formula is C21H18Cl2N2O2S. The Hall–Kier alpha value is -2.34. The van der Waals surface area contributed by atoms with Crippen LogP contribution in [0.25, 0.3) is 11.3 Å². The van der Waals surface area contributed by atoms with Gasteiger partial charge in [-0.25, -0.2) is 0 Å². The summed E-state index contributed by atoms with van der Waals surface area (Å²) in [5, 5.41) is 6.77. The van der Waals surface area contributed by atoms with Crippen molar-refractivity contribution in [3.8, 4) is 11.3 Å². The van der Waals surface area contributed by atoms with Crippen molar-refractivity contribution >= 4 is 52.1 Å². The first-order valence-corrected chi connectivity index (χ1v) is 9.78. The molecule has 2 N–H and O–H groups in total. The van der Waals surface area contributed by atoms with Crippen LogP contribution in [0, 0.1) is 0 Å². The van der Waals surface area contributed by atoms with Crippen molar-refractivity contribution in [1.82, 2.24) is 5.32 Å². The lowest BCUT2D eigenvalue weighted by Crippen LogP contribution is -2.34. The molecule has 1 heterocycles. The average Bonchev–Trinajstić information content (AvgIpc) is 3.14. The highest BCUT2D eigenvalue weighted by molar-refractivity contribution is 7.80. The third-order valence-electron chi connectivity index (χ3n) is 4.09. The van der Waals surface area contributed by atoms with Gasteiger partial charge in [0.1, 0.15) is 5.76 Å². The first-order valence-electron chi connectivity index (χ1n) is 8.61. The number of benzene rings is 2. The second-order valence-electron chi connectivity index (χ2n) is 6.44. The molecule has 1 amide bonds. The van der Waals surface area contributed by atoms with E-state index in [0.29, 0.717) is 21.7 Å². The Bertz CT molecular complexity index is 1030. The number of rotatable bonds is 4. The van der Waals surface area contributed by atoms with Gasteiger partial charge in [-0.1, -0.05) is 55.2 Å². The zero-order chi connectivity index (χ0) is 20.3. The van der Waals surface area contributed by atoms with E-state index in [1.54, 1.807) is 30.3 Å². The van der Waals surface area contributed by atoms with Gasteiger partial charge in [-0.2, -0.15) is 0 Å². The first-order chi connectivity index (χ1) is 13.3. The normalized spacial score (nSPS) is 10.8. The minimum atomic E-state index is -0.439. The standard InChI is InChI=1S/C21H18Cl2N2O2S/c1-12(2)14-5-3-4-6-17(14)24-21(28)25-20(26)19-10-9-18(27-19)13-7-8-15(22)16(23)11-13/h3-12H,1-2H3,(H2,24,25,26,28). The molecule has 0 fully saturated rings. The number of thiocarbonyl (C=S) groups is 1. The van der Waals surface area contributed by atoms with Crippen molar-refractivity contribution in [3.63, 3.8) is 0 Å². The molecule has 0 atom stereocenters. The molecule has 7 heteroatoms. The second-order valence-corrected chi connectivity index (χ2v) is 7.67. The number of nitrogens with one attached hydrogen (secondary N) is 2. The summed E-state index contributed by atoms with van der Waals surface area (Å²) < 4.78 is 5.64. The van der Waals surface area contributed by atoms with Gasteiger partial charge in [-0.15, -0.1) is 0 Å². The quantitative estimate of drug-likeness (QED) is 0.461. The molecule has 0 unspecified atom stereocenters. The Kier molecular flexibility index (Phi) is 6.39. The summed E-state index contributed by atoms with van der Waals surface area (Å²) in [6.07, 6.45) is 0. The molecule has 0 spiro atoms. The lowest BCUT2D eigenvalue weighted by Gasteiger charge is -2.15. The number of hydrogen-bond acceptors (Lipinski definition) is 3. The van der Waals surface area contributed by atoms with Crippen molar-refractivity contribution in [1.29, 1.82) is 0 Å². The van der Waals surface area contributed by atoms with Gasteiger partial charge in [0.25, 0.3) is 5.91 Å². The van der Waals surface area contributed by atoms with Crippen LogP contribution in [-0.2, 0) is 0 Å². The smallest absolute Gasteiger partial charge is 0.293 e. The van der Waals surface area contributed by atoms with Crippen molar-refractivity contribution in [3.05, 3.63) is 76.0 Å². The minimum Gasteiger partial charge on any atom is -0.451 e. The first kappa shape index (κ1) is 20.4. The van der Waals surface area contributed by atoms with E-state index >= 15 is 0 Å². The van der Waals surface area contributed by atoms with Gasteiger partial charge in [-0.05, 0) is 60.1 Å². The molecule has 0 saturated heterocycles. The van der Waals surface area contributed by atoms with Crippen LogP contribution in [0.3, 0.4) is 0 Å². The SMILES string of the molecule is CC(C)c1ccccc1NC(=S)NC(=O)c1ccc(-c2ccc(Cl)c(Cl)c2)o1. The number of carbonyl (C=O) groups excluding carboxylic acids is 1. The van der Waals surface area contributed by atoms with Crippen LogP contribution in [0.15, 0.2) is 59.0 Å². The molecule has 144 valence electrons. The molecule has 0 aliphatic carbocycles. The molecule has 0 bridgehead atoms. The van der Waals surface area contributed by atoms with E-state index in [-0.39, 0.29) is 10.9 Å². The number of carbonyl (C=O) groups is 1. The van der Waals surface area contributed by atoms with Gasteiger partial charge in [0.2, 0.25) is 0 Å². The number of furan rings is 1. The van der Waals surface area contributed by atoms with Crippen LogP contribution in [0.1, 0.15) is 35.9 Å². The number of amides is 1. The van der Waals surface area contributed by atoms with Gasteiger partial charge < -0.3 is 9.73 Å². The summed E-state index contributed by atoms with van der Waals surface area (Å²) >= 11 is 17.2. The van der Waals surface area contributed by atoms with Gasteiger partial charge in [0.15, 0.2) is 10.9 Å². The van der Waals surface area contributed by atoms with E-state index in [2.05, 4.69) is 24.5 Å². The van der Waals surface area contributed by atoms with E-state index in [1.807, 2.05) is 24.3 Å². The van der Waals surface area contributed by atoms with Crippen molar-refractivity contribution in [2.45, 2.75) is 19.8 Å². The van der Waals surface area contributed by atoms with E-state index < -0.39 is 5.91 Å². The maximum atomic E-state index is 12.5. The molecule has 2 aromatic carbocycles. The summed E-state index contributed by atoms with van der Waals surface area (Å²) in [7, 11) is 0.